The van der Waals surface area contributed by atoms with E-state index < -0.39 is 0 Å². The average Bonchev–Trinajstić information content (AvgIpc) is 2.95. The summed E-state index contributed by atoms with van der Waals surface area (Å²) >= 11 is 0. The molecule has 0 aliphatic heterocycles. The van der Waals surface area contributed by atoms with E-state index in [9.17, 15) is 0 Å². The molecular weight excluding hydrogens is 404 g/mol. The second-order valence-corrected chi connectivity index (χ2v) is 6.30. The molecule has 2 aromatic carbocycles. The van der Waals surface area contributed by atoms with Gasteiger partial charge in [0.05, 0.1) is 17.6 Å². The van der Waals surface area contributed by atoms with Crippen molar-refractivity contribution in [2.24, 2.45) is 0 Å². The number of aromatic nitrogens is 2. The fraction of sp³-hybridized carbons (Fsp3) is 0.381. The van der Waals surface area contributed by atoms with Crippen LogP contribution in [0.5, 0.6) is 5.75 Å². The van der Waals surface area contributed by atoms with Gasteiger partial charge in [-0.15, -0.1) is 0 Å². The van der Waals surface area contributed by atoms with Crippen LogP contribution in [0.2, 0.25) is 0 Å². The Morgan fingerprint density at radius 2 is 1.41 bits per heavy atom. The van der Waals surface area contributed by atoms with E-state index in [1.54, 1.807) is 0 Å². The molecule has 0 amide bonds. The van der Waals surface area contributed by atoms with Crippen molar-refractivity contribution >= 4 is 11.0 Å². The normalized spacial score (nSPS) is 10.9. The number of hydrogen-bond acceptors (Lipinski definition) is 3. The fourth-order valence-corrected chi connectivity index (χ4v) is 3.30. The third-order valence-electron chi connectivity index (χ3n) is 4.84. The van der Waals surface area contributed by atoms with Crippen molar-refractivity contribution in [3.05, 3.63) is 60.2 Å². The number of halogens is 1. The minimum absolute atomic E-state index is 0. The third kappa shape index (κ3) is 5.02. The van der Waals surface area contributed by atoms with Gasteiger partial charge >= 0.3 is 0 Å². The lowest BCUT2D eigenvalue weighted by molar-refractivity contribution is -0.00000614. The van der Waals surface area contributed by atoms with Crippen LogP contribution in [0.15, 0.2) is 54.6 Å². The van der Waals surface area contributed by atoms with Crippen molar-refractivity contribution in [3.8, 4) is 5.75 Å². The summed E-state index contributed by atoms with van der Waals surface area (Å²) in [7, 11) is 0. The van der Waals surface area contributed by atoms with E-state index in [2.05, 4.69) is 35.4 Å². The Morgan fingerprint density at radius 3 is 2.00 bits per heavy atom. The van der Waals surface area contributed by atoms with Gasteiger partial charge in [0.25, 0.3) is 0 Å². The quantitative estimate of drug-likeness (QED) is 0.531. The minimum atomic E-state index is 0. The maximum Gasteiger partial charge on any atom is 0.203 e. The molecule has 3 aromatic rings. The molecule has 1 N–H and O–H groups in total. The molecule has 1 aromatic heterocycles. The lowest BCUT2D eigenvalue weighted by Crippen LogP contribution is -3.00. The zero-order valence-electron chi connectivity index (χ0n) is 16.1. The first-order valence-electron chi connectivity index (χ1n) is 9.37. The van der Waals surface area contributed by atoms with Crippen molar-refractivity contribution in [1.82, 2.24) is 14.0 Å². The van der Waals surface area contributed by atoms with Crippen LogP contribution in [-0.2, 0) is 13.1 Å². The zero-order chi connectivity index (χ0) is 18.4. The van der Waals surface area contributed by atoms with Crippen molar-refractivity contribution in [3.63, 3.8) is 0 Å². The highest BCUT2D eigenvalue weighted by molar-refractivity contribution is 5.75. The molecular formula is C21H28BrN4O-. The number of para-hydroxylation sites is 3. The molecule has 0 saturated carbocycles. The van der Waals surface area contributed by atoms with Gasteiger partial charge in [-0.3, -0.25) is 5.41 Å². The molecule has 0 aliphatic carbocycles. The van der Waals surface area contributed by atoms with Gasteiger partial charge in [0.2, 0.25) is 5.62 Å². The molecule has 0 radical (unpaired) electrons. The predicted molar refractivity (Wildman–Crippen MR) is 106 cm³/mol. The number of likely N-dealkylation sites (N-methyl/N-ethyl adjacent to an activating group) is 1. The van der Waals surface area contributed by atoms with E-state index >= 15 is 0 Å². The Bertz CT molecular complexity index is 884. The molecule has 5 nitrogen and oxygen atoms in total. The van der Waals surface area contributed by atoms with Crippen molar-refractivity contribution in [2.45, 2.75) is 26.9 Å². The summed E-state index contributed by atoms with van der Waals surface area (Å²) in [6, 6.07) is 18.1. The highest BCUT2D eigenvalue weighted by Gasteiger charge is 2.11. The highest BCUT2D eigenvalue weighted by atomic mass is 79.9. The van der Waals surface area contributed by atoms with E-state index in [1.807, 2.05) is 47.0 Å². The lowest BCUT2D eigenvalue weighted by atomic mass is 10.3. The molecule has 0 bridgehead atoms. The average molecular weight is 432 g/mol. The van der Waals surface area contributed by atoms with Crippen LogP contribution in [0.3, 0.4) is 0 Å². The number of nitrogens with zero attached hydrogens (tertiary/aromatic N) is 3. The molecule has 146 valence electrons. The second kappa shape index (κ2) is 10.3. The number of hydrogen-bond donors (Lipinski definition) is 1. The van der Waals surface area contributed by atoms with E-state index in [1.165, 1.54) is 0 Å². The zero-order valence-corrected chi connectivity index (χ0v) is 17.7. The first-order valence-corrected chi connectivity index (χ1v) is 9.37. The first-order chi connectivity index (χ1) is 12.7. The number of ether oxygens (including phenoxy) is 1. The van der Waals surface area contributed by atoms with Crippen LogP contribution in [0.1, 0.15) is 13.8 Å². The second-order valence-electron chi connectivity index (χ2n) is 6.30. The van der Waals surface area contributed by atoms with E-state index in [-0.39, 0.29) is 17.0 Å². The Morgan fingerprint density at radius 1 is 0.852 bits per heavy atom. The molecule has 0 atom stereocenters. The van der Waals surface area contributed by atoms with Crippen molar-refractivity contribution in [2.75, 3.05) is 26.2 Å². The molecule has 27 heavy (non-hydrogen) atoms. The van der Waals surface area contributed by atoms with Gasteiger partial charge in [-0.05, 0) is 37.4 Å². The molecule has 0 unspecified atom stereocenters. The molecule has 1 heterocycles. The van der Waals surface area contributed by atoms with Crippen LogP contribution >= 0.6 is 0 Å². The van der Waals surface area contributed by atoms with Crippen LogP contribution in [0.4, 0.5) is 0 Å². The van der Waals surface area contributed by atoms with Crippen molar-refractivity contribution in [1.29, 1.82) is 5.41 Å². The largest absolute Gasteiger partial charge is 1.00 e. The molecule has 6 heteroatoms. The summed E-state index contributed by atoms with van der Waals surface area (Å²) < 4.78 is 9.98. The van der Waals surface area contributed by atoms with E-state index in [0.717, 1.165) is 43.0 Å². The Labute approximate surface area is 171 Å². The smallest absolute Gasteiger partial charge is 0.203 e. The maximum atomic E-state index is 8.67. The van der Waals surface area contributed by atoms with Crippen LogP contribution in [0.25, 0.3) is 11.0 Å². The number of fused-ring (bicyclic) bond motifs is 1. The molecule has 0 aliphatic rings. The van der Waals surface area contributed by atoms with E-state index in [4.69, 9.17) is 10.1 Å². The Hall–Kier alpha value is -2.05. The van der Waals surface area contributed by atoms with Gasteiger partial charge in [0.1, 0.15) is 12.4 Å². The van der Waals surface area contributed by atoms with Gasteiger partial charge < -0.3 is 35.8 Å². The monoisotopic (exact) mass is 431 g/mol. The summed E-state index contributed by atoms with van der Waals surface area (Å²) in [4.78, 5) is 2.39. The standard InChI is InChI=1S/C21H28N4O.BrH/c1-3-23(4-2)14-15-24-19-12-8-9-13-20(19)25(21(24)22)16-17-26-18-10-6-5-7-11-18;/h5-13,22H,3-4,14-17H2,1-2H3;1H/p-1. The van der Waals surface area contributed by atoms with Gasteiger partial charge in [0, 0.05) is 13.1 Å². The Kier molecular flexibility index (Phi) is 8.13. The molecule has 0 saturated heterocycles. The number of imidazole rings is 1. The molecule has 0 spiro atoms. The van der Waals surface area contributed by atoms with Crippen molar-refractivity contribution < 1.29 is 21.7 Å². The fourth-order valence-electron chi connectivity index (χ4n) is 3.30. The summed E-state index contributed by atoms with van der Waals surface area (Å²) in [5, 5.41) is 8.67. The first kappa shape index (κ1) is 21.3. The Balaban J connectivity index is 0.00000261. The van der Waals surface area contributed by atoms with Crippen LogP contribution in [0, 0.1) is 5.41 Å². The topological polar surface area (TPSA) is 46.2 Å². The summed E-state index contributed by atoms with van der Waals surface area (Å²) in [5.41, 5.74) is 2.74. The lowest BCUT2D eigenvalue weighted by Gasteiger charge is -2.18. The molecule has 3 rings (SSSR count). The van der Waals surface area contributed by atoms with Gasteiger partial charge in [-0.25, -0.2) is 0 Å². The third-order valence-corrected chi connectivity index (χ3v) is 4.84. The van der Waals surface area contributed by atoms with Crippen LogP contribution in [-0.4, -0.2) is 40.3 Å². The minimum Gasteiger partial charge on any atom is -1.00 e. The summed E-state index contributed by atoms with van der Waals surface area (Å²) in [6.45, 7) is 9.42. The van der Waals surface area contributed by atoms with E-state index in [0.29, 0.717) is 18.8 Å². The van der Waals surface area contributed by atoms with Gasteiger partial charge in [-0.1, -0.05) is 44.2 Å². The molecule has 0 fully saturated rings. The number of benzene rings is 2. The number of rotatable bonds is 9. The van der Waals surface area contributed by atoms with Gasteiger partial charge in [0.15, 0.2) is 0 Å². The number of nitrogens with one attached hydrogen (secondary N) is 1. The maximum absolute atomic E-state index is 8.67. The summed E-state index contributed by atoms with van der Waals surface area (Å²) in [6.07, 6.45) is 0. The van der Waals surface area contributed by atoms with Crippen LogP contribution < -0.4 is 27.3 Å². The predicted octanol–water partition coefficient (Wildman–Crippen LogP) is 0.347. The highest BCUT2D eigenvalue weighted by Crippen LogP contribution is 2.14. The SMILES string of the molecule is CCN(CC)CCn1c(=N)n(CCOc2ccccc2)c2ccccc21.[Br-]. The summed E-state index contributed by atoms with van der Waals surface area (Å²) in [5.74, 6) is 0.866. The van der Waals surface area contributed by atoms with Gasteiger partial charge in [-0.2, -0.15) is 0 Å².